The molecule has 0 saturated heterocycles. The van der Waals surface area contributed by atoms with Crippen molar-refractivity contribution >= 4 is 5.97 Å². The van der Waals surface area contributed by atoms with Crippen LogP contribution in [0.25, 0.3) is 11.3 Å². The summed E-state index contributed by atoms with van der Waals surface area (Å²) in [5, 5.41) is 12.9. The van der Waals surface area contributed by atoms with E-state index < -0.39 is 5.97 Å². The molecule has 0 fully saturated rings. The Morgan fingerprint density at radius 3 is 2.48 bits per heavy atom. The zero-order valence-corrected chi connectivity index (χ0v) is 12.4. The normalized spacial score (nSPS) is 11.1. The number of carboxylic acid groups (broad SMARTS) is 1. The molecule has 2 rings (SSSR count). The largest absolute Gasteiger partial charge is 0.476 e. The van der Waals surface area contributed by atoms with Crippen LogP contribution in [-0.4, -0.2) is 20.9 Å². The molecule has 1 aromatic heterocycles. The monoisotopic (exact) mass is 290 g/mol. The average molecular weight is 290 g/mol. The molecular weight excluding hydrogens is 271 g/mol. The fourth-order valence-corrected chi connectivity index (χ4v) is 2.59. The number of aromatic carboxylic acids is 1. The second-order valence-electron chi connectivity index (χ2n) is 5.09. The molecule has 21 heavy (non-hydrogen) atoms. The van der Waals surface area contributed by atoms with Crippen molar-refractivity contribution in [2.24, 2.45) is 7.05 Å². The summed E-state index contributed by atoms with van der Waals surface area (Å²) in [6.07, 6.45) is 1.78. The van der Waals surface area contributed by atoms with Crippen LogP contribution < -0.4 is 0 Å². The zero-order chi connectivity index (χ0) is 15.6. The van der Waals surface area contributed by atoms with E-state index in [0.29, 0.717) is 16.8 Å². The second kappa shape index (κ2) is 6.08. The Morgan fingerprint density at radius 1 is 1.33 bits per heavy atom. The number of aryl methyl sites for hydroxylation is 1. The van der Waals surface area contributed by atoms with Gasteiger partial charge in [0.15, 0.2) is 5.69 Å². The van der Waals surface area contributed by atoms with E-state index in [2.05, 4.69) is 5.10 Å². The highest BCUT2D eigenvalue weighted by atomic mass is 19.1. The number of carbonyl (C=O) groups is 1. The highest BCUT2D eigenvalue weighted by molar-refractivity contribution is 5.87. The molecule has 0 atom stereocenters. The lowest BCUT2D eigenvalue weighted by atomic mass is 9.92. The van der Waals surface area contributed by atoms with Gasteiger partial charge in [-0.25, -0.2) is 9.18 Å². The molecule has 0 unspecified atom stereocenters. The van der Waals surface area contributed by atoms with Crippen molar-refractivity contribution in [2.75, 3.05) is 0 Å². The number of hydrogen-bond acceptors (Lipinski definition) is 2. The molecule has 1 aromatic carbocycles. The Labute approximate surface area is 123 Å². The van der Waals surface area contributed by atoms with Crippen LogP contribution in [0.3, 0.4) is 0 Å². The van der Waals surface area contributed by atoms with Gasteiger partial charge in [-0.2, -0.15) is 5.10 Å². The molecule has 1 heterocycles. The van der Waals surface area contributed by atoms with Crippen LogP contribution in [-0.2, 0) is 7.05 Å². The van der Waals surface area contributed by atoms with Crippen LogP contribution in [0.5, 0.6) is 0 Å². The first-order chi connectivity index (χ1) is 9.97. The van der Waals surface area contributed by atoms with E-state index in [1.54, 1.807) is 13.1 Å². The summed E-state index contributed by atoms with van der Waals surface area (Å²) in [7, 11) is 1.65. The van der Waals surface area contributed by atoms with Crippen molar-refractivity contribution in [3.8, 4) is 11.3 Å². The van der Waals surface area contributed by atoms with E-state index in [9.17, 15) is 9.18 Å². The molecule has 1 N–H and O–H groups in total. The van der Waals surface area contributed by atoms with Crippen LogP contribution >= 0.6 is 0 Å². The van der Waals surface area contributed by atoms with E-state index in [1.807, 2.05) is 19.9 Å². The molecule has 2 aromatic rings. The summed E-state index contributed by atoms with van der Waals surface area (Å²) >= 11 is 0. The Bertz CT molecular complexity index is 660. The standard InChI is InChI=1S/C16H19FN2O2/c1-4-10(5-2)12-7-6-11(8-13(12)17)15-9-14(16(20)21)18-19(15)3/h6-10H,4-5H2,1-3H3,(H,20,21). The first-order valence-corrected chi connectivity index (χ1v) is 7.05. The van der Waals surface area contributed by atoms with Gasteiger partial charge in [0, 0.05) is 12.6 Å². The number of rotatable bonds is 5. The maximum absolute atomic E-state index is 14.3. The van der Waals surface area contributed by atoms with Gasteiger partial charge in [0.1, 0.15) is 5.82 Å². The number of halogens is 1. The lowest BCUT2D eigenvalue weighted by Crippen LogP contribution is -2.01. The Kier molecular flexibility index (Phi) is 4.40. The number of benzene rings is 1. The first kappa shape index (κ1) is 15.2. The smallest absolute Gasteiger partial charge is 0.356 e. The van der Waals surface area contributed by atoms with Crippen molar-refractivity contribution in [3.63, 3.8) is 0 Å². The highest BCUT2D eigenvalue weighted by Gasteiger charge is 2.16. The van der Waals surface area contributed by atoms with Gasteiger partial charge < -0.3 is 5.11 Å². The fourth-order valence-electron chi connectivity index (χ4n) is 2.59. The van der Waals surface area contributed by atoms with Gasteiger partial charge in [-0.15, -0.1) is 0 Å². The van der Waals surface area contributed by atoms with Gasteiger partial charge in [0.2, 0.25) is 0 Å². The minimum absolute atomic E-state index is 0.0445. The van der Waals surface area contributed by atoms with Crippen LogP contribution in [0.4, 0.5) is 4.39 Å². The quantitative estimate of drug-likeness (QED) is 0.910. The van der Waals surface area contributed by atoms with Crippen molar-refractivity contribution < 1.29 is 14.3 Å². The third-order valence-electron chi connectivity index (χ3n) is 3.82. The highest BCUT2D eigenvalue weighted by Crippen LogP contribution is 2.29. The van der Waals surface area contributed by atoms with Crippen molar-refractivity contribution in [1.82, 2.24) is 9.78 Å². The molecule has 0 aliphatic heterocycles. The van der Waals surface area contributed by atoms with Crippen LogP contribution in [0, 0.1) is 5.82 Å². The number of aromatic nitrogens is 2. The maximum Gasteiger partial charge on any atom is 0.356 e. The number of hydrogen-bond donors (Lipinski definition) is 1. The van der Waals surface area contributed by atoms with Crippen molar-refractivity contribution in [3.05, 3.63) is 41.3 Å². The molecule has 0 saturated carbocycles. The van der Waals surface area contributed by atoms with E-state index in [0.717, 1.165) is 12.8 Å². The van der Waals surface area contributed by atoms with Crippen LogP contribution in [0.2, 0.25) is 0 Å². The second-order valence-corrected chi connectivity index (χ2v) is 5.09. The third kappa shape index (κ3) is 2.96. The minimum atomic E-state index is -1.09. The lowest BCUT2D eigenvalue weighted by Gasteiger charge is -2.14. The zero-order valence-electron chi connectivity index (χ0n) is 12.4. The maximum atomic E-state index is 14.3. The Morgan fingerprint density at radius 2 is 2.00 bits per heavy atom. The summed E-state index contributed by atoms with van der Waals surface area (Å²) in [6.45, 7) is 4.09. The molecule has 0 bridgehead atoms. The van der Waals surface area contributed by atoms with E-state index in [-0.39, 0.29) is 17.4 Å². The molecular formula is C16H19FN2O2. The molecule has 0 amide bonds. The van der Waals surface area contributed by atoms with Gasteiger partial charge >= 0.3 is 5.97 Å². The summed E-state index contributed by atoms with van der Waals surface area (Å²) in [4.78, 5) is 10.9. The molecule has 0 aliphatic rings. The molecule has 0 radical (unpaired) electrons. The summed E-state index contributed by atoms with van der Waals surface area (Å²) < 4.78 is 15.8. The summed E-state index contributed by atoms with van der Waals surface area (Å²) in [6, 6.07) is 6.51. The topological polar surface area (TPSA) is 55.1 Å². The van der Waals surface area contributed by atoms with Gasteiger partial charge in [0.25, 0.3) is 0 Å². The third-order valence-corrected chi connectivity index (χ3v) is 3.82. The Hall–Kier alpha value is -2.17. The van der Waals surface area contributed by atoms with Gasteiger partial charge in [-0.3, -0.25) is 4.68 Å². The lowest BCUT2D eigenvalue weighted by molar-refractivity contribution is 0.0689. The summed E-state index contributed by atoms with van der Waals surface area (Å²) in [5.41, 5.74) is 1.88. The number of nitrogens with zero attached hydrogens (tertiary/aromatic N) is 2. The van der Waals surface area contributed by atoms with Crippen LogP contribution in [0.15, 0.2) is 24.3 Å². The van der Waals surface area contributed by atoms with Gasteiger partial charge in [-0.05, 0) is 36.5 Å². The predicted octanol–water partition coefficient (Wildman–Crippen LogP) is 3.83. The van der Waals surface area contributed by atoms with E-state index in [1.165, 1.54) is 16.8 Å². The fraction of sp³-hybridized carbons (Fsp3) is 0.375. The van der Waals surface area contributed by atoms with E-state index >= 15 is 0 Å². The first-order valence-electron chi connectivity index (χ1n) is 7.05. The SMILES string of the molecule is CCC(CC)c1ccc(-c2cc(C(=O)O)nn2C)cc1F. The van der Waals surface area contributed by atoms with Crippen molar-refractivity contribution in [2.45, 2.75) is 32.6 Å². The van der Waals surface area contributed by atoms with Crippen molar-refractivity contribution in [1.29, 1.82) is 0 Å². The molecule has 0 spiro atoms. The average Bonchev–Trinajstić information content (AvgIpc) is 2.84. The molecule has 0 aliphatic carbocycles. The molecule has 112 valence electrons. The number of carboxylic acids is 1. The summed E-state index contributed by atoms with van der Waals surface area (Å²) in [5.74, 6) is -1.13. The Balaban J connectivity index is 2.42. The minimum Gasteiger partial charge on any atom is -0.476 e. The van der Waals surface area contributed by atoms with E-state index in [4.69, 9.17) is 5.11 Å². The predicted molar refractivity (Wildman–Crippen MR) is 78.9 cm³/mol. The van der Waals surface area contributed by atoms with Gasteiger partial charge in [-0.1, -0.05) is 26.0 Å². The van der Waals surface area contributed by atoms with Gasteiger partial charge in [0.05, 0.1) is 5.69 Å². The molecule has 4 nitrogen and oxygen atoms in total. The molecule has 5 heteroatoms. The van der Waals surface area contributed by atoms with Crippen LogP contribution in [0.1, 0.15) is 48.7 Å².